The Morgan fingerprint density at radius 2 is 2.00 bits per heavy atom. The number of nitrogens with zero attached hydrogens (tertiary/aromatic N) is 2. The molecule has 2 aliphatic heterocycles. The van der Waals surface area contributed by atoms with Crippen LogP contribution in [-0.4, -0.2) is 36.5 Å². The van der Waals surface area contributed by atoms with Crippen molar-refractivity contribution in [3.63, 3.8) is 0 Å². The topological polar surface area (TPSA) is 53.6 Å². The number of piperidine rings is 1. The standard InChI is InChI=1S/C14H20N4/c15-14-17-13-4-2-1-3-11(13)7-10-18(14)12-5-8-16-9-6-12/h1-4,12,16H,5-10H2,(H2,15,17). The van der Waals surface area contributed by atoms with Crippen LogP contribution in [0.1, 0.15) is 18.4 Å². The average Bonchev–Trinajstić information content (AvgIpc) is 2.58. The lowest BCUT2D eigenvalue weighted by atomic mass is 10.0. The smallest absolute Gasteiger partial charge is 0.196 e. The molecule has 3 rings (SSSR count). The summed E-state index contributed by atoms with van der Waals surface area (Å²) >= 11 is 0. The van der Waals surface area contributed by atoms with Crippen LogP contribution in [-0.2, 0) is 6.42 Å². The molecule has 1 aromatic rings. The van der Waals surface area contributed by atoms with Gasteiger partial charge in [-0.05, 0) is 44.0 Å². The molecule has 0 aliphatic carbocycles. The minimum absolute atomic E-state index is 0.546. The summed E-state index contributed by atoms with van der Waals surface area (Å²) in [5, 5.41) is 3.39. The van der Waals surface area contributed by atoms with Crippen LogP contribution in [0.25, 0.3) is 0 Å². The SMILES string of the molecule is NC1=Nc2ccccc2CCN1C1CCNCC1. The van der Waals surface area contributed by atoms with Crippen LogP contribution in [0, 0.1) is 0 Å². The monoisotopic (exact) mass is 244 g/mol. The number of guanidine groups is 1. The Morgan fingerprint density at radius 1 is 1.22 bits per heavy atom. The van der Waals surface area contributed by atoms with E-state index in [0.29, 0.717) is 12.0 Å². The largest absolute Gasteiger partial charge is 0.369 e. The summed E-state index contributed by atoms with van der Waals surface area (Å²) in [5.74, 6) is 0.687. The summed E-state index contributed by atoms with van der Waals surface area (Å²) in [7, 11) is 0. The van der Waals surface area contributed by atoms with Crippen molar-refractivity contribution < 1.29 is 0 Å². The van der Waals surface area contributed by atoms with Gasteiger partial charge < -0.3 is 16.0 Å². The molecular formula is C14H20N4. The molecule has 0 aromatic heterocycles. The summed E-state index contributed by atoms with van der Waals surface area (Å²) in [6.45, 7) is 3.15. The summed E-state index contributed by atoms with van der Waals surface area (Å²) in [4.78, 5) is 6.89. The summed E-state index contributed by atoms with van der Waals surface area (Å²) in [6.07, 6.45) is 3.35. The van der Waals surface area contributed by atoms with E-state index in [9.17, 15) is 0 Å². The Bertz CT molecular complexity index is 449. The third-order valence-corrected chi connectivity index (χ3v) is 3.89. The molecule has 0 saturated carbocycles. The molecule has 96 valence electrons. The fourth-order valence-electron chi connectivity index (χ4n) is 2.86. The first-order valence-electron chi connectivity index (χ1n) is 6.74. The van der Waals surface area contributed by atoms with E-state index < -0.39 is 0 Å². The van der Waals surface area contributed by atoms with Gasteiger partial charge in [-0.15, -0.1) is 0 Å². The lowest BCUT2D eigenvalue weighted by Crippen LogP contribution is -2.49. The Balaban J connectivity index is 1.83. The first-order valence-corrected chi connectivity index (χ1v) is 6.74. The molecule has 0 amide bonds. The van der Waals surface area contributed by atoms with Crippen molar-refractivity contribution in [2.45, 2.75) is 25.3 Å². The normalized spacial score (nSPS) is 21.1. The Kier molecular flexibility index (Phi) is 3.19. The number of rotatable bonds is 1. The van der Waals surface area contributed by atoms with Gasteiger partial charge in [0.05, 0.1) is 5.69 Å². The molecule has 3 N–H and O–H groups in total. The van der Waals surface area contributed by atoms with Crippen LogP contribution in [0.15, 0.2) is 29.3 Å². The molecule has 2 aliphatic rings. The molecule has 4 nitrogen and oxygen atoms in total. The van der Waals surface area contributed by atoms with Crippen molar-refractivity contribution >= 4 is 11.6 Å². The highest BCUT2D eigenvalue weighted by Gasteiger charge is 2.24. The number of benzene rings is 1. The number of hydrogen-bond donors (Lipinski definition) is 2. The number of nitrogens with one attached hydrogen (secondary N) is 1. The summed E-state index contributed by atoms with van der Waals surface area (Å²) in [5.41, 5.74) is 8.52. The third kappa shape index (κ3) is 2.20. The maximum atomic E-state index is 6.18. The first-order chi connectivity index (χ1) is 8.84. The van der Waals surface area contributed by atoms with Crippen molar-refractivity contribution in [1.82, 2.24) is 10.2 Å². The van der Waals surface area contributed by atoms with E-state index in [4.69, 9.17) is 5.73 Å². The van der Waals surface area contributed by atoms with Gasteiger partial charge >= 0.3 is 0 Å². The van der Waals surface area contributed by atoms with Crippen LogP contribution in [0.5, 0.6) is 0 Å². The zero-order valence-corrected chi connectivity index (χ0v) is 10.6. The molecule has 18 heavy (non-hydrogen) atoms. The fraction of sp³-hybridized carbons (Fsp3) is 0.500. The van der Waals surface area contributed by atoms with Gasteiger partial charge in [-0.1, -0.05) is 18.2 Å². The van der Waals surface area contributed by atoms with Crippen molar-refractivity contribution in [3.05, 3.63) is 29.8 Å². The highest BCUT2D eigenvalue weighted by atomic mass is 15.3. The van der Waals surface area contributed by atoms with Gasteiger partial charge in [-0.2, -0.15) is 0 Å². The number of para-hydroxylation sites is 1. The van der Waals surface area contributed by atoms with Crippen LogP contribution in [0.3, 0.4) is 0 Å². The van der Waals surface area contributed by atoms with Gasteiger partial charge in [0.25, 0.3) is 0 Å². The van der Waals surface area contributed by atoms with Crippen molar-refractivity contribution in [3.8, 4) is 0 Å². The van der Waals surface area contributed by atoms with Crippen molar-refractivity contribution in [2.75, 3.05) is 19.6 Å². The summed E-state index contributed by atoms with van der Waals surface area (Å²) < 4.78 is 0. The zero-order valence-electron chi connectivity index (χ0n) is 10.6. The average molecular weight is 244 g/mol. The van der Waals surface area contributed by atoms with E-state index in [1.807, 2.05) is 12.1 Å². The molecule has 0 unspecified atom stereocenters. The lowest BCUT2D eigenvalue weighted by molar-refractivity contribution is 0.253. The molecule has 0 atom stereocenters. The number of fused-ring (bicyclic) bond motifs is 1. The maximum absolute atomic E-state index is 6.18. The highest BCUT2D eigenvalue weighted by molar-refractivity contribution is 5.82. The highest BCUT2D eigenvalue weighted by Crippen LogP contribution is 2.24. The lowest BCUT2D eigenvalue weighted by Gasteiger charge is -2.34. The Hall–Kier alpha value is -1.55. The molecule has 0 radical (unpaired) electrons. The van der Waals surface area contributed by atoms with Gasteiger partial charge in [-0.25, -0.2) is 4.99 Å². The fourth-order valence-corrected chi connectivity index (χ4v) is 2.86. The Labute approximate surface area is 108 Å². The van der Waals surface area contributed by atoms with E-state index in [1.54, 1.807) is 0 Å². The van der Waals surface area contributed by atoms with Crippen LogP contribution >= 0.6 is 0 Å². The number of aliphatic imine (C=N–C) groups is 1. The molecule has 1 aromatic carbocycles. The zero-order chi connectivity index (χ0) is 12.4. The second kappa shape index (κ2) is 4.98. The summed E-state index contributed by atoms with van der Waals surface area (Å²) in [6, 6.07) is 8.84. The van der Waals surface area contributed by atoms with E-state index in [0.717, 1.165) is 44.6 Å². The number of nitrogens with two attached hydrogens (primary N) is 1. The molecule has 1 fully saturated rings. The second-order valence-electron chi connectivity index (χ2n) is 5.02. The molecule has 1 saturated heterocycles. The number of hydrogen-bond acceptors (Lipinski definition) is 4. The van der Waals surface area contributed by atoms with Crippen LogP contribution < -0.4 is 11.1 Å². The maximum Gasteiger partial charge on any atom is 0.196 e. The third-order valence-electron chi connectivity index (χ3n) is 3.89. The van der Waals surface area contributed by atoms with Gasteiger partial charge in [0, 0.05) is 12.6 Å². The Morgan fingerprint density at radius 3 is 2.83 bits per heavy atom. The minimum Gasteiger partial charge on any atom is -0.369 e. The van der Waals surface area contributed by atoms with Crippen LogP contribution in [0.4, 0.5) is 5.69 Å². The molecule has 0 bridgehead atoms. The van der Waals surface area contributed by atoms with Gasteiger partial charge in [-0.3, -0.25) is 0 Å². The van der Waals surface area contributed by atoms with E-state index in [1.165, 1.54) is 5.56 Å². The van der Waals surface area contributed by atoms with E-state index in [-0.39, 0.29) is 0 Å². The second-order valence-corrected chi connectivity index (χ2v) is 5.02. The molecular weight excluding hydrogens is 224 g/mol. The predicted molar refractivity (Wildman–Crippen MR) is 74.0 cm³/mol. The van der Waals surface area contributed by atoms with E-state index in [2.05, 4.69) is 27.3 Å². The predicted octanol–water partition coefficient (Wildman–Crippen LogP) is 1.24. The minimum atomic E-state index is 0.546. The van der Waals surface area contributed by atoms with Gasteiger partial charge in [0.2, 0.25) is 0 Å². The van der Waals surface area contributed by atoms with Crippen molar-refractivity contribution in [1.29, 1.82) is 0 Å². The van der Waals surface area contributed by atoms with Crippen molar-refractivity contribution in [2.24, 2.45) is 10.7 Å². The van der Waals surface area contributed by atoms with E-state index >= 15 is 0 Å². The molecule has 2 heterocycles. The first kappa shape index (κ1) is 11.5. The molecule has 4 heteroatoms. The van der Waals surface area contributed by atoms with Gasteiger partial charge in [0.15, 0.2) is 5.96 Å². The quantitative estimate of drug-likeness (QED) is 0.781. The van der Waals surface area contributed by atoms with Crippen LogP contribution in [0.2, 0.25) is 0 Å². The van der Waals surface area contributed by atoms with Gasteiger partial charge in [0.1, 0.15) is 0 Å². The molecule has 0 spiro atoms.